The minimum Gasteiger partial charge on any atom is -0.444 e. The molecule has 8 nitrogen and oxygen atoms in total. The van der Waals surface area contributed by atoms with Crippen LogP contribution in [0.2, 0.25) is 0 Å². The second kappa shape index (κ2) is 7.28. The van der Waals surface area contributed by atoms with Crippen LogP contribution in [0, 0.1) is 0 Å². The van der Waals surface area contributed by atoms with Crippen LogP contribution in [-0.4, -0.2) is 37.1 Å². The number of hydrogen-bond donors (Lipinski definition) is 4. The van der Waals surface area contributed by atoms with E-state index in [1.165, 1.54) is 0 Å². The number of rotatable bonds is 4. The van der Waals surface area contributed by atoms with E-state index in [0.717, 1.165) is 5.70 Å². The van der Waals surface area contributed by atoms with Crippen molar-refractivity contribution in [2.75, 3.05) is 13.2 Å². The summed E-state index contributed by atoms with van der Waals surface area (Å²) in [5.74, 6) is -0.210. The smallest absolute Gasteiger partial charge is 0.407 e. The number of hydrazine groups is 1. The van der Waals surface area contributed by atoms with Gasteiger partial charge in [0.05, 0.1) is 6.61 Å². The van der Waals surface area contributed by atoms with E-state index in [9.17, 15) is 9.59 Å². The normalized spacial score (nSPS) is 19.5. The molecule has 0 bridgehead atoms. The maximum atomic E-state index is 11.5. The number of amides is 2. The highest BCUT2D eigenvalue weighted by molar-refractivity contribution is 5.93. The summed E-state index contributed by atoms with van der Waals surface area (Å²) in [7, 11) is 0. The molecule has 21 heavy (non-hydrogen) atoms. The highest BCUT2D eigenvalue weighted by Gasteiger charge is 2.18. The van der Waals surface area contributed by atoms with Gasteiger partial charge in [0.1, 0.15) is 5.60 Å². The zero-order valence-corrected chi connectivity index (χ0v) is 13.1. The van der Waals surface area contributed by atoms with Crippen molar-refractivity contribution in [2.45, 2.75) is 46.6 Å². The SMILES string of the molecule is CC1=C(C)C(=O)NNC(OCCNC(=O)OC(C)(C)C)N1. The molecule has 0 aliphatic carbocycles. The van der Waals surface area contributed by atoms with Crippen molar-refractivity contribution in [3.63, 3.8) is 0 Å². The lowest BCUT2D eigenvalue weighted by atomic mass is 10.2. The molecule has 1 atom stereocenters. The topological polar surface area (TPSA) is 101 Å². The molecule has 2 amide bonds. The monoisotopic (exact) mass is 300 g/mol. The fraction of sp³-hybridized carbons (Fsp3) is 0.692. The van der Waals surface area contributed by atoms with Gasteiger partial charge in [-0.15, -0.1) is 0 Å². The van der Waals surface area contributed by atoms with Crippen LogP contribution >= 0.6 is 0 Å². The summed E-state index contributed by atoms with van der Waals surface area (Å²) in [5.41, 5.74) is 5.99. The Morgan fingerprint density at radius 1 is 1.33 bits per heavy atom. The molecule has 0 radical (unpaired) electrons. The van der Waals surface area contributed by atoms with Crippen LogP contribution in [0.5, 0.6) is 0 Å². The van der Waals surface area contributed by atoms with E-state index in [4.69, 9.17) is 9.47 Å². The van der Waals surface area contributed by atoms with E-state index in [0.29, 0.717) is 12.1 Å². The Hall–Kier alpha value is -1.80. The molecule has 0 saturated carbocycles. The van der Waals surface area contributed by atoms with Gasteiger partial charge in [-0.1, -0.05) is 0 Å². The molecule has 0 aromatic heterocycles. The largest absolute Gasteiger partial charge is 0.444 e. The summed E-state index contributed by atoms with van der Waals surface area (Å²) in [4.78, 5) is 22.9. The first-order valence-corrected chi connectivity index (χ1v) is 6.77. The highest BCUT2D eigenvalue weighted by atomic mass is 16.6. The summed E-state index contributed by atoms with van der Waals surface area (Å²) in [6.45, 7) is 9.44. The molecule has 1 rings (SSSR count). The zero-order valence-electron chi connectivity index (χ0n) is 13.1. The van der Waals surface area contributed by atoms with E-state index in [1.807, 2.05) is 0 Å². The minimum atomic E-state index is -0.563. The summed E-state index contributed by atoms with van der Waals surface area (Å²) < 4.78 is 10.6. The predicted octanol–water partition coefficient (Wildman–Crippen LogP) is 0.329. The van der Waals surface area contributed by atoms with Crippen LogP contribution in [0.1, 0.15) is 34.6 Å². The van der Waals surface area contributed by atoms with Gasteiger partial charge in [-0.3, -0.25) is 10.2 Å². The molecule has 1 heterocycles. The number of ether oxygens (including phenoxy) is 2. The van der Waals surface area contributed by atoms with E-state index in [2.05, 4.69) is 21.5 Å². The molecular formula is C13H24N4O4. The lowest BCUT2D eigenvalue weighted by Gasteiger charge is -2.21. The van der Waals surface area contributed by atoms with Crippen LogP contribution in [0.4, 0.5) is 4.79 Å². The molecule has 1 unspecified atom stereocenters. The van der Waals surface area contributed by atoms with E-state index in [1.54, 1.807) is 34.6 Å². The molecule has 4 N–H and O–H groups in total. The highest BCUT2D eigenvalue weighted by Crippen LogP contribution is 2.06. The van der Waals surface area contributed by atoms with Gasteiger partial charge in [0.25, 0.3) is 5.91 Å². The molecule has 8 heteroatoms. The Balaban J connectivity index is 2.27. The molecular weight excluding hydrogens is 276 g/mol. The Morgan fingerprint density at radius 2 is 2.00 bits per heavy atom. The third-order valence-electron chi connectivity index (χ3n) is 2.62. The van der Waals surface area contributed by atoms with Crippen LogP contribution in [0.25, 0.3) is 0 Å². The molecule has 0 aromatic carbocycles. The summed E-state index contributed by atoms with van der Waals surface area (Å²) in [6, 6.07) is 0. The summed E-state index contributed by atoms with van der Waals surface area (Å²) in [5, 5.41) is 5.59. The molecule has 1 aliphatic rings. The number of allylic oxidation sites excluding steroid dienone is 1. The standard InChI is InChI=1S/C13H24N4O4/c1-8-9(2)15-11(17-16-10(8)18)20-7-6-14-12(19)21-13(3,4)5/h11,15,17H,6-7H2,1-5H3,(H,14,19)(H,16,18). The van der Waals surface area contributed by atoms with Crippen LogP contribution in [-0.2, 0) is 14.3 Å². The lowest BCUT2D eigenvalue weighted by Crippen LogP contribution is -2.50. The number of alkyl carbamates (subject to hydrolysis) is 1. The van der Waals surface area contributed by atoms with E-state index >= 15 is 0 Å². The van der Waals surface area contributed by atoms with Crippen LogP contribution < -0.4 is 21.5 Å². The summed E-state index contributed by atoms with van der Waals surface area (Å²) in [6.07, 6.45) is -1.06. The van der Waals surface area contributed by atoms with Gasteiger partial charge in [0.2, 0.25) is 6.35 Å². The average molecular weight is 300 g/mol. The Labute approximate surface area is 124 Å². The van der Waals surface area contributed by atoms with E-state index in [-0.39, 0.29) is 12.5 Å². The van der Waals surface area contributed by atoms with Crippen LogP contribution in [0.3, 0.4) is 0 Å². The third kappa shape index (κ3) is 6.46. The van der Waals surface area contributed by atoms with Gasteiger partial charge < -0.3 is 20.1 Å². The lowest BCUT2D eigenvalue weighted by molar-refractivity contribution is -0.119. The molecule has 0 aromatic rings. The first-order chi connectivity index (χ1) is 9.69. The van der Waals surface area contributed by atoms with Gasteiger partial charge in [-0.05, 0) is 34.6 Å². The first-order valence-electron chi connectivity index (χ1n) is 6.77. The Bertz CT molecular complexity index is 428. The third-order valence-corrected chi connectivity index (χ3v) is 2.62. The quantitative estimate of drug-likeness (QED) is 0.558. The van der Waals surface area contributed by atoms with Gasteiger partial charge in [0, 0.05) is 17.8 Å². The molecule has 0 fully saturated rings. The molecule has 120 valence electrons. The second-order valence-corrected chi connectivity index (χ2v) is 5.67. The van der Waals surface area contributed by atoms with Crippen LogP contribution in [0.15, 0.2) is 11.3 Å². The maximum Gasteiger partial charge on any atom is 0.407 e. The minimum absolute atomic E-state index is 0.210. The number of hydrogen-bond acceptors (Lipinski definition) is 6. The molecule has 1 aliphatic heterocycles. The van der Waals surface area contributed by atoms with Crippen molar-refractivity contribution in [1.82, 2.24) is 21.5 Å². The first kappa shape index (κ1) is 17.3. The van der Waals surface area contributed by atoms with Crippen molar-refractivity contribution in [1.29, 1.82) is 0 Å². The Kier molecular flexibility index (Phi) is 5.98. The van der Waals surface area contributed by atoms with Gasteiger partial charge in [-0.25, -0.2) is 4.79 Å². The number of carbonyl (C=O) groups excluding carboxylic acids is 2. The predicted molar refractivity (Wildman–Crippen MR) is 76.8 cm³/mol. The molecule has 0 saturated heterocycles. The van der Waals surface area contributed by atoms with Gasteiger partial charge in [0.15, 0.2) is 0 Å². The fourth-order valence-corrected chi connectivity index (χ4v) is 1.46. The van der Waals surface area contributed by atoms with Crippen molar-refractivity contribution >= 4 is 12.0 Å². The van der Waals surface area contributed by atoms with Crippen molar-refractivity contribution in [2.24, 2.45) is 0 Å². The Morgan fingerprint density at radius 3 is 2.62 bits per heavy atom. The zero-order chi connectivity index (χ0) is 16.0. The molecule has 0 spiro atoms. The fourth-order valence-electron chi connectivity index (χ4n) is 1.46. The van der Waals surface area contributed by atoms with Crippen molar-refractivity contribution < 1.29 is 19.1 Å². The van der Waals surface area contributed by atoms with Crippen molar-refractivity contribution in [3.05, 3.63) is 11.3 Å². The summed E-state index contributed by atoms with van der Waals surface area (Å²) >= 11 is 0. The second-order valence-electron chi connectivity index (χ2n) is 5.67. The van der Waals surface area contributed by atoms with Crippen molar-refractivity contribution in [3.8, 4) is 0 Å². The average Bonchev–Trinajstić information content (AvgIpc) is 2.47. The van der Waals surface area contributed by atoms with E-state index < -0.39 is 18.0 Å². The van der Waals surface area contributed by atoms with Gasteiger partial charge >= 0.3 is 6.09 Å². The van der Waals surface area contributed by atoms with Gasteiger partial charge in [-0.2, -0.15) is 5.43 Å². The maximum absolute atomic E-state index is 11.5. The number of carbonyl (C=O) groups is 2. The number of nitrogens with one attached hydrogen (secondary N) is 4.